The van der Waals surface area contributed by atoms with Crippen molar-refractivity contribution in [1.29, 1.82) is 0 Å². The highest BCUT2D eigenvalue weighted by Crippen LogP contribution is 2.22. The van der Waals surface area contributed by atoms with Crippen LogP contribution in [0.15, 0.2) is 0 Å². The molecule has 1 fully saturated rings. The summed E-state index contributed by atoms with van der Waals surface area (Å²) < 4.78 is 5.08. The molecule has 0 aliphatic carbocycles. The molecule has 5 nitrogen and oxygen atoms in total. The van der Waals surface area contributed by atoms with Crippen molar-refractivity contribution >= 4 is 5.91 Å². The molecular weight excluding hydrogens is 208 g/mol. The summed E-state index contributed by atoms with van der Waals surface area (Å²) >= 11 is 0. The van der Waals surface area contributed by atoms with Gasteiger partial charge in [-0.2, -0.15) is 0 Å². The summed E-state index contributed by atoms with van der Waals surface area (Å²) in [6.07, 6.45) is 2.78. The molecule has 0 aromatic heterocycles. The van der Waals surface area contributed by atoms with Gasteiger partial charge in [-0.05, 0) is 25.8 Å². The molecule has 1 aliphatic rings. The van der Waals surface area contributed by atoms with Crippen LogP contribution in [-0.2, 0) is 9.53 Å². The summed E-state index contributed by atoms with van der Waals surface area (Å²) in [4.78, 5) is 12.0. The normalized spacial score (nSPS) is 24.6. The quantitative estimate of drug-likeness (QED) is 0.523. The summed E-state index contributed by atoms with van der Waals surface area (Å²) in [5.41, 5.74) is -0.364. The van der Waals surface area contributed by atoms with Gasteiger partial charge in [0.05, 0.1) is 25.4 Å². The minimum absolute atomic E-state index is 0.0222. The third kappa shape index (κ3) is 3.43. The van der Waals surface area contributed by atoms with E-state index in [0.717, 1.165) is 25.8 Å². The van der Waals surface area contributed by atoms with Crippen molar-refractivity contribution in [3.8, 4) is 0 Å². The summed E-state index contributed by atoms with van der Waals surface area (Å²) in [6.45, 7) is 4.25. The number of hydrogen-bond acceptors (Lipinski definition) is 4. The van der Waals surface area contributed by atoms with Crippen molar-refractivity contribution in [1.82, 2.24) is 10.6 Å². The molecule has 1 heterocycles. The topological polar surface area (TPSA) is 70.6 Å². The van der Waals surface area contributed by atoms with E-state index >= 15 is 0 Å². The summed E-state index contributed by atoms with van der Waals surface area (Å²) in [5, 5.41) is 14.7. The minimum atomic E-state index is -0.364. The molecule has 0 spiro atoms. The van der Waals surface area contributed by atoms with Gasteiger partial charge in [-0.15, -0.1) is 0 Å². The first-order valence-corrected chi connectivity index (χ1v) is 5.97. The SMILES string of the molecule is CCC1(C(=O)NCCOCCO)CCCN1. The van der Waals surface area contributed by atoms with Gasteiger partial charge in [0, 0.05) is 6.54 Å². The number of ether oxygens (including phenoxy) is 1. The zero-order chi connectivity index (χ0) is 11.9. The van der Waals surface area contributed by atoms with E-state index in [1.54, 1.807) is 0 Å². The Labute approximate surface area is 96.6 Å². The molecule has 5 heteroatoms. The van der Waals surface area contributed by atoms with Crippen LogP contribution in [0.25, 0.3) is 0 Å². The first kappa shape index (κ1) is 13.4. The fourth-order valence-corrected chi connectivity index (χ4v) is 2.03. The number of amides is 1. The molecule has 1 amide bonds. The molecule has 16 heavy (non-hydrogen) atoms. The predicted octanol–water partition coefficient (Wildman–Crippen LogP) is -0.356. The molecule has 0 aromatic carbocycles. The Hall–Kier alpha value is -0.650. The lowest BCUT2D eigenvalue weighted by Crippen LogP contribution is -2.53. The maximum atomic E-state index is 12.0. The lowest BCUT2D eigenvalue weighted by molar-refractivity contribution is -0.127. The second-order valence-corrected chi connectivity index (χ2v) is 4.06. The van der Waals surface area contributed by atoms with Gasteiger partial charge >= 0.3 is 0 Å². The van der Waals surface area contributed by atoms with Crippen LogP contribution >= 0.6 is 0 Å². The van der Waals surface area contributed by atoms with Crippen LogP contribution < -0.4 is 10.6 Å². The van der Waals surface area contributed by atoms with E-state index in [-0.39, 0.29) is 18.1 Å². The third-order valence-corrected chi connectivity index (χ3v) is 3.05. The maximum Gasteiger partial charge on any atom is 0.240 e. The fraction of sp³-hybridized carbons (Fsp3) is 0.909. The number of carbonyl (C=O) groups is 1. The fourth-order valence-electron chi connectivity index (χ4n) is 2.03. The van der Waals surface area contributed by atoms with E-state index in [9.17, 15) is 4.79 Å². The van der Waals surface area contributed by atoms with E-state index in [1.165, 1.54) is 0 Å². The molecular formula is C11H22N2O3. The molecule has 3 N–H and O–H groups in total. The molecule has 1 rings (SSSR count). The van der Waals surface area contributed by atoms with Crippen LogP contribution in [0.3, 0.4) is 0 Å². The van der Waals surface area contributed by atoms with E-state index in [0.29, 0.717) is 19.8 Å². The van der Waals surface area contributed by atoms with E-state index < -0.39 is 0 Å². The first-order valence-electron chi connectivity index (χ1n) is 5.97. The lowest BCUT2D eigenvalue weighted by atomic mass is 9.93. The molecule has 1 atom stereocenters. The van der Waals surface area contributed by atoms with Crippen molar-refractivity contribution in [3.05, 3.63) is 0 Å². The molecule has 94 valence electrons. The van der Waals surface area contributed by atoms with Crippen molar-refractivity contribution in [2.45, 2.75) is 31.7 Å². The van der Waals surface area contributed by atoms with Crippen LogP contribution in [0.2, 0.25) is 0 Å². The summed E-state index contributed by atoms with van der Waals surface area (Å²) in [5.74, 6) is 0.0695. The summed E-state index contributed by atoms with van der Waals surface area (Å²) in [6, 6.07) is 0. The Morgan fingerprint density at radius 3 is 2.94 bits per heavy atom. The highest BCUT2D eigenvalue weighted by atomic mass is 16.5. The maximum absolute atomic E-state index is 12.0. The van der Waals surface area contributed by atoms with Gasteiger partial charge in [0.25, 0.3) is 0 Å². The van der Waals surface area contributed by atoms with Crippen molar-refractivity contribution in [2.75, 3.05) is 32.9 Å². The number of aliphatic hydroxyl groups excluding tert-OH is 1. The Morgan fingerprint density at radius 2 is 2.38 bits per heavy atom. The van der Waals surface area contributed by atoms with Crippen molar-refractivity contribution in [2.24, 2.45) is 0 Å². The minimum Gasteiger partial charge on any atom is -0.394 e. The number of hydrogen-bond donors (Lipinski definition) is 3. The first-order chi connectivity index (χ1) is 7.75. The molecule has 0 bridgehead atoms. The molecule has 0 aromatic rings. The van der Waals surface area contributed by atoms with Crippen LogP contribution in [-0.4, -0.2) is 49.5 Å². The van der Waals surface area contributed by atoms with Crippen LogP contribution in [0, 0.1) is 0 Å². The van der Waals surface area contributed by atoms with Crippen molar-refractivity contribution in [3.63, 3.8) is 0 Å². The van der Waals surface area contributed by atoms with Crippen LogP contribution in [0.4, 0.5) is 0 Å². The Kier molecular flexibility index (Phi) is 5.73. The summed E-state index contributed by atoms with van der Waals surface area (Å²) in [7, 11) is 0. The number of nitrogens with one attached hydrogen (secondary N) is 2. The van der Waals surface area contributed by atoms with Gasteiger partial charge in [-0.3, -0.25) is 4.79 Å². The van der Waals surface area contributed by atoms with Gasteiger partial charge in [0.15, 0.2) is 0 Å². The highest BCUT2D eigenvalue weighted by Gasteiger charge is 2.38. The van der Waals surface area contributed by atoms with Gasteiger partial charge in [0.2, 0.25) is 5.91 Å². The molecule has 1 unspecified atom stereocenters. The van der Waals surface area contributed by atoms with E-state index in [2.05, 4.69) is 10.6 Å². The number of aliphatic hydroxyl groups is 1. The number of rotatable bonds is 7. The molecule has 0 radical (unpaired) electrons. The molecule has 0 saturated carbocycles. The van der Waals surface area contributed by atoms with Crippen LogP contribution in [0.5, 0.6) is 0 Å². The van der Waals surface area contributed by atoms with Crippen LogP contribution in [0.1, 0.15) is 26.2 Å². The number of carbonyl (C=O) groups excluding carboxylic acids is 1. The third-order valence-electron chi connectivity index (χ3n) is 3.05. The van der Waals surface area contributed by atoms with Crippen molar-refractivity contribution < 1.29 is 14.6 Å². The Morgan fingerprint density at radius 1 is 1.56 bits per heavy atom. The molecule has 1 aliphatic heterocycles. The Balaban J connectivity index is 2.22. The average Bonchev–Trinajstić information content (AvgIpc) is 2.78. The second kappa shape index (κ2) is 6.83. The second-order valence-electron chi connectivity index (χ2n) is 4.06. The zero-order valence-corrected chi connectivity index (χ0v) is 9.92. The average molecular weight is 230 g/mol. The lowest BCUT2D eigenvalue weighted by Gasteiger charge is -2.26. The van der Waals surface area contributed by atoms with E-state index in [1.807, 2.05) is 6.92 Å². The van der Waals surface area contributed by atoms with Gasteiger partial charge in [-0.25, -0.2) is 0 Å². The smallest absolute Gasteiger partial charge is 0.240 e. The van der Waals surface area contributed by atoms with Gasteiger partial charge in [0.1, 0.15) is 0 Å². The Bertz CT molecular complexity index is 215. The predicted molar refractivity (Wildman–Crippen MR) is 61.2 cm³/mol. The molecule has 1 saturated heterocycles. The standard InChI is InChI=1S/C11H22N2O3/c1-2-11(4-3-5-13-11)10(15)12-6-8-16-9-7-14/h13-14H,2-9H2,1H3,(H,12,15). The van der Waals surface area contributed by atoms with E-state index in [4.69, 9.17) is 9.84 Å². The monoisotopic (exact) mass is 230 g/mol. The van der Waals surface area contributed by atoms with Gasteiger partial charge in [-0.1, -0.05) is 6.92 Å². The van der Waals surface area contributed by atoms with Gasteiger partial charge < -0.3 is 20.5 Å². The zero-order valence-electron chi connectivity index (χ0n) is 9.92. The largest absolute Gasteiger partial charge is 0.394 e. The highest BCUT2D eigenvalue weighted by molar-refractivity contribution is 5.86.